The SMILES string of the molecule is [CH2-][NH2+]CCN1CCN(C(C)=O)CC1. The summed E-state index contributed by atoms with van der Waals surface area (Å²) >= 11 is 0. The maximum absolute atomic E-state index is 11.0. The molecule has 0 radical (unpaired) electrons. The summed E-state index contributed by atoms with van der Waals surface area (Å²) < 4.78 is 0. The third-order valence-corrected chi connectivity index (χ3v) is 2.47. The highest BCUT2D eigenvalue weighted by atomic mass is 16.2. The Morgan fingerprint density at radius 1 is 1.38 bits per heavy atom. The van der Waals surface area contributed by atoms with Gasteiger partial charge in [-0.3, -0.25) is 9.69 Å². The van der Waals surface area contributed by atoms with Gasteiger partial charge in [-0.2, -0.15) is 7.05 Å². The molecule has 0 aliphatic carbocycles. The van der Waals surface area contributed by atoms with Crippen molar-refractivity contribution in [3.05, 3.63) is 7.05 Å². The monoisotopic (exact) mass is 185 g/mol. The van der Waals surface area contributed by atoms with Crippen LogP contribution in [0.5, 0.6) is 0 Å². The van der Waals surface area contributed by atoms with Gasteiger partial charge in [0, 0.05) is 39.6 Å². The van der Waals surface area contributed by atoms with E-state index in [0.29, 0.717) is 0 Å². The zero-order chi connectivity index (χ0) is 9.68. The summed E-state index contributed by atoms with van der Waals surface area (Å²) in [6.45, 7) is 7.54. The number of amides is 1. The normalized spacial score (nSPS) is 19.1. The largest absolute Gasteiger partial charge is 0.478 e. The lowest BCUT2D eigenvalue weighted by Crippen LogP contribution is -2.79. The van der Waals surface area contributed by atoms with E-state index in [1.54, 1.807) is 6.92 Å². The third-order valence-electron chi connectivity index (χ3n) is 2.47. The fourth-order valence-corrected chi connectivity index (χ4v) is 1.56. The highest BCUT2D eigenvalue weighted by molar-refractivity contribution is 5.73. The topological polar surface area (TPSA) is 40.2 Å². The van der Waals surface area contributed by atoms with E-state index in [0.717, 1.165) is 39.3 Å². The van der Waals surface area contributed by atoms with Crippen LogP contribution >= 0.6 is 0 Å². The molecule has 13 heavy (non-hydrogen) atoms. The Bertz CT molecular complexity index is 164. The number of hydrogen-bond donors (Lipinski definition) is 1. The van der Waals surface area contributed by atoms with Crippen LogP contribution in [0.4, 0.5) is 0 Å². The molecule has 0 bridgehead atoms. The van der Waals surface area contributed by atoms with Gasteiger partial charge in [0.2, 0.25) is 5.91 Å². The van der Waals surface area contributed by atoms with Gasteiger partial charge in [-0.1, -0.05) is 0 Å². The number of quaternary nitrogens is 1. The summed E-state index contributed by atoms with van der Waals surface area (Å²) in [7, 11) is 3.70. The Kier molecular flexibility index (Phi) is 4.18. The first-order valence-electron chi connectivity index (χ1n) is 4.83. The number of carbonyl (C=O) groups excluding carboxylic acids is 1. The van der Waals surface area contributed by atoms with E-state index in [1.807, 2.05) is 10.2 Å². The Labute approximate surface area is 79.9 Å². The second-order valence-corrected chi connectivity index (χ2v) is 3.43. The van der Waals surface area contributed by atoms with E-state index in [4.69, 9.17) is 0 Å². The minimum atomic E-state index is 0.198. The summed E-state index contributed by atoms with van der Waals surface area (Å²) in [5.41, 5.74) is 0. The molecule has 4 nitrogen and oxygen atoms in total. The third kappa shape index (κ3) is 3.32. The molecule has 1 saturated heterocycles. The fraction of sp³-hybridized carbons (Fsp3) is 0.778. The van der Waals surface area contributed by atoms with Crippen LogP contribution in [0.2, 0.25) is 0 Å². The van der Waals surface area contributed by atoms with E-state index >= 15 is 0 Å². The van der Waals surface area contributed by atoms with E-state index in [-0.39, 0.29) is 5.91 Å². The van der Waals surface area contributed by atoms with Gasteiger partial charge in [0.05, 0.1) is 6.54 Å². The molecule has 0 aromatic carbocycles. The van der Waals surface area contributed by atoms with E-state index in [2.05, 4.69) is 11.9 Å². The summed E-state index contributed by atoms with van der Waals surface area (Å²) in [5, 5.41) is 1.94. The molecule has 1 rings (SSSR count). The molecule has 1 fully saturated rings. The molecule has 4 heteroatoms. The van der Waals surface area contributed by atoms with Gasteiger partial charge in [-0.15, -0.1) is 0 Å². The van der Waals surface area contributed by atoms with Crippen molar-refractivity contribution >= 4 is 5.91 Å². The van der Waals surface area contributed by atoms with Gasteiger partial charge >= 0.3 is 0 Å². The van der Waals surface area contributed by atoms with Crippen molar-refractivity contribution in [1.29, 1.82) is 0 Å². The Morgan fingerprint density at radius 3 is 2.46 bits per heavy atom. The van der Waals surface area contributed by atoms with Crippen molar-refractivity contribution in [2.24, 2.45) is 0 Å². The number of hydrogen-bond acceptors (Lipinski definition) is 2. The van der Waals surface area contributed by atoms with Gasteiger partial charge in [0.25, 0.3) is 0 Å². The molecule has 0 spiro atoms. The van der Waals surface area contributed by atoms with Crippen LogP contribution in [-0.2, 0) is 4.79 Å². The van der Waals surface area contributed by atoms with E-state index in [9.17, 15) is 4.79 Å². The van der Waals surface area contributed by atoms with E-state index < -0.39 is 0 Å². The summed E-state index contributed by atoms with van der Waals surface area (Å²) in [4.78, 5) is 15.3. The van der Waals surface area contributed by atoms with Gasteiger partial charge in [0.1, 0.15) is 0 Å². The van der Waals surface area contributed by atoms with Gasteiger partial charge in [0.15, 0.2) is 0 Å². The first kappa shape index (κ1) is 10.5. The zero-order valence-corrected chi connectivity index (χ0v) is 8.33. The van der Waals surface area contributed by atoms with Crippen LogP contribution in [0.1, 0.15) is 6.92 Å². The molecule has 0 saturated carbocycles. The Hall–Kier alpha value is -0.610. The second kappa shape index (κ2) is 5.19. The van der Waals surface area contributed by atoms with Crippen LogP contribution in [0.3, 0.4) is 0 Å². The average Bonchev–Trinajstić information content (AvgIpc) is 2.15. The maximum Gasteiger partial charge on any atom is 0.219 e. The lowest BCUT2D eigenvalue weighted by atomic mass is 10.3. The smallest absolute Gasteiger partial charge is 0.219 e. The quantitative estimate of drug-likeness (QED) is 0.544. The Balaban J connectivity index is 2.18. The highest BCUT2D eigenvalue weighted by Crippen LogP contribution is 2.00. The number of nitrogens with two attached hydrogens (primary N) is 1. The molecular weight excluding hydrogens is 166 g/mol. The van der Waals surface area contributed by atoms with Crippen molar-refractivity contribution in [3.8, 4) is 0 Å². The molecule has 1 heterocycles. The minimum Gasteiger partial charge on any atom is -0.478 e. The predicted molar refractivity (Wildman–Crippen MR) is 50.8 cm³/mol. The first-order chi connectivity index (χ1) is 6.24. The molecule has 1 amide bonds. The van der Waals surface area contributed by atoms with Crippen molar-refractivity contribution in [3.63, 3.8) is 0 Å². The Morgan fingerprint density at radius 2 is 2.00 bits per heavy atom. The molecule has 2 N–H and O–H groups in total. The van der Waals surface area contributed by atoms with Gasteiger partial charge in [-0.05, 0) is 0 Å². The van der Waals surface area contributed by atoms with Crippen LogP contribution in [0.25, 0.3) is 0 Å². The molecule has 0 unspecified atom stereocenters. The summed E-state index contributed by atoms with van der Waals surface area (Å²) in [5.74, 6) is 0.198. The fourth-order valence-electron chi connectivity index (χ4n) is 1.56. The van der Waals surface area contributed by atoms with Gasteiger partial charge < -0.3 is 10.2 Å². The molecule has 0 atom stereocenters. The number of carbonyl (C=O) groups is 1. The van der Waals surface area contributed by atoms with E-state index in [1.165, 1.54) is 0 Å². The second-order valence-electron chi connectivity index (χ2n) is 3.43. The average molecular weight is 185 g/mol. The number of rotatable bonds is 3. The lowest BCUT2D eigenvalue weighted by Gasteiger charge is -2.33. The molecule has 0 aromatic heterocycles. The summed E-state index contributed by atoms with van der Waals surface area (Å²) in [6.07, 6.45) is 0. The van der Waals surface area contributed by atoms with Crippen molar-refractivity contribution in [2.75, 3.05) is 39.3 Å². The van der Waals surface area contributed by atoms with Gasteiger partial charge in [-0.25, -0.2) is 0 Å². The van der Waals surface area contributed by atoms with Crippen molar-refractivity contribution in [2.45, 2.75) is 6.92 Å². The number of nitrogens with zero attached hydrogens (tertiary/aromatic N) is 2. The zero-order valence-electron chi connectivity index (χ0n) is 8.33. The van der Waals surface area contributed by atoms with Crippen LogP contribution in [0.15, 0.2) is 0 Å². The molecule has 76 valence electrons. The van der Waals surface area contributed by atoms with Crippen LogP contribution in [0, 0.1) is 7.05 Å². The predicted octanol–water partition coefficient (Wildman–Crippen LogP) is -1.49. The summed E-state index contributed by atoms with van der Waals surface area (Å²) in [6, 6.07) is 0. The lowest BCUT2D eigenvalue weighted by molar-refractivity contribution is -0.595. The molecule has 1 aliphatic heterocycles. The minimum absolute atomic E-state index is 0.198. The molecule has 0 aromatic rings. The highest BCUT2D eigenvalue weighted by Gasteiger charge is 2.17. The number of piperazine rings is 1. The molecular formula is C9H19N3O. The van der Waals surface area contributed by atoms with Crippen molar-refractivity contribution in [1.82, 2.24) is 9.80 Å². The maximum atomic E-state index is 11.0. The van der Waals surface area contributed by atoms with Crippen molar-refractivity contribution < 1.29 is 10.1 Å². The van der Waals surface area contributed by atoms with Crippen LogP contribution in [-0.4, -0.2) is 55.0 Å². The molecule has 1 aliphatic rings. The standard InChI is InChI=1S/C9H19N3O/c1-9(13)12-7-5-11(6-8-12)4-3-10-2/h2-8,10H2,1H3. The first-order valence-corrected chi connectivity index (χ1v) is 4.83. The van der Waals surface area contributed by atoms with Crippen LogP contribution < -0.4 is 5.32 Å².